The van der Waals surface area contributed by atoms with E-state index in [4.69, 9.17) is 4.74 Å². The number of likely N-dealkylation sites (tertiary alicyclic amines) is 1. The molecule has 3 aromatic carbocycles. The molecule has 0 unspecified atom stereocenters. The van der Waals surface area contributed by atoms with Gasteiger partial charge in [-0.25, -0.2) is 0 Å². The van der Waals surface area contributed by atoms with Crippen LogP contribution in [-0.2, 0) is 5.41 Å². The first-order chi connectivity index (χ1) is 16.3. The molecule has 1 saturated heterocycles. The summed E-state index contributed by atoms with van der Waals surface area (Å²) >= 11 is 0. The molecule has 5 nitrogen and oxygen atoms in total. The summed E-state index contributed by atoms with van der Waals surface area (Å²) in [4.78, 5) is 17.7. The predicted molar refractivity (Wildman–Crippen MR) is 135 cm³/mol. The number of rotatable bonds is 4. The summed E-state index contributed by atoms with van der Waals surface area (Å²) in [5.74, 6) is 0.839. The van der Waals surface area contributed by atoms with Crippen LogP contribution in [0.2, 0.25) is 0 Å². The minimum atomic E-state index is -0.838. The molecule has 3 atom stereocenters. The van der Waals surface area contributed by atoms with E-state index in [-0.39, 0.29) is 11.9 Å². The summed E-state index contributed by atoms with van der Waals surface area (Å²) in [5.41, 5.74) is 0.560. The maximum atomic E-state index is 13.6. The van der Waals surface area contributed by atoms with Gasteiger partial charge in [0.05, 0.1) is 12.7 Å². The number of β-amino-alcohol motifs (C(OH)–C–C–N with tert-alkyl or cyclic N) is 1. The van der Waals surface area contributed by atoms with Crippen molar-refractivity contribution in [3.05, 3.63) is 77.9 Å². The molecule has 1 heterocycles. The van der Waals surface area contributed by atoms with Crippen molar-refractivity contribution >= 4 is 16.7 Å². The summed E-state index contributed by atoms with van der Waals surface area (Å²) in [6.07, 6.45) is 3.03. The lowest BCUT2D eigenvalue weighted by atomic mass is 9.55. The molecule has 0 radical (unpaired) electrons. The quantitative estimate of drug-likeness (QED) is 0.627. The normalized spacial score (nSPS) is 27.2. The second kappa shape index (κ2) is 8.71. The van der Waals surface area contributed by atoms with Gasteiger partial charge in [-0.05, 0) is 79.9 Å². The van der Waals surface area contributed by atoms with E-state index in [1.807, 2.05) is 60.5 Å². The lowest BCUT2D eigenvalue weighted by Crippen LogP contribution is -2.66. The first kappa shape index (κ1) is 22.9. The number of amides is 1. The molecule has 1 amide bonds. The highest BCUT2D eigenvalue weighted by atomic mass is 16.5. The molecule has 5 heteroatoms. The zero-order valence-corrected chi connectivity index (χ0v) is 20.3. The van der Waals surface area contributed by atoms with Gasteiger partial charge >= 0.3 is 0 Å². The van der Waals surface area contributed by atoms with E-state index in [1.54, 1.807) is 7.11 Å². The topological polar surface area (TPSA) is 53.0 Å². The molecule has 0 bridgehead atoms. The Morgan fingerprint density at radius 1 is 1.06 bits per heavy atom. The van der Waals surface area contributed by atoms with Crippen LogP contribution in [0, 0.1) is 0 Å². The van der Waals surface area contributed by atoms with E-state index < -0.39 is 11.0 Å². The van der Waals surface area contributed by atoms with E-state index in [1.165, 1.54) is 0 Å². The van der Waals surface area contributed by atoms with Crippen molar-refractivity contribution in [2.45, 2.75) is 42.7 Å². The van der Waals surface area contributed by atoms with Crippen LogP contribution in [0.5, 0.6) is 5.75 Å². The highest BCUT2D eigenvalue weighted by molar-refractivity contribution is 5.98. The van der Waals surface area contributed by atoms with Crippen LogP contribution in [0.15, 0.2) is 66.7 Å². The maximum absolute atomic E-state index is 13.6. The minimum Gasteiger partial charge on any atom is -0.497 e. The third-order valence-corrected chi connectivity index (χ3v) is 8.30. The Hall–Kier alpha value is -2.89. The molecule has 1 aliphatic carbocycles. The monoisotopic (exact) mass is 458 g/mol. The molecule has 5 rings (SSSR count). The van der Waals surface area contributed by atoms with Crippen molar-refractivity contribution in [3.63, 3.8) is 0 Å². The third-order valence-electron chi connectivity index (χ3n) is 8.30. The summed E-state index contributed by atoms with van der Waals surface area (Å²) in [6, 6.07) is 22.2. The van der Waals surface area contributed by atoms with Gasteiger partial charge in [0.15, 0.2) is 0 Å². The fraction of sp³-hybridized carbons (Fsp3) is 0.414. The number of carbonyl (C=O) groups excluding carboxylic acids is 1. The molecule has 1 aliphatic heterocycles. The van der Waals surface area contributed by atoms with E-state index in [0.717, 1.165) is 47.9 Å². The van der Waals surface area contributed by atoms with Crippen molar-refractivity contribution in [1.29, 1.82) is 0 Å². The molecule has 1 N–H and O–H groups in total. The van der Waals surface area contributed by atoms with Crippen molar-refractivity contribution in [2.75, 3.05) is 34.3 Å². The van der Waals surface area contributed by atoms with Gasteiger partial charge in [-0.3, -0.25) is 4.79 Å². The average Bonchev–Trinajstić information content (AvgIpc) is 2.87. The predicted octanol–water partition coefficient (Wildman–Crippen LogP) is 4.48. The molecule has 0 aromatic heterocycles. The summed E-state index contributed by atoms with van der Waals surface area (Å²) in [5, 5.41) is 14.2. The van der Waals surface area contributed by atoms with E-state index in [9.17, 15) is 9.90 Å². The molecule has 34 heavy (non-hydrogen) atoms. The van der Waals surface area contributed by atoms with Gasteiger partial charge in [0.1, 0.15) is 5.75 Å². The summed E-state index contributed by atoms with van der Waals surface area (Å²) in [6.45, 7) is 1.55. The Morgan fingerprint density at radius 3 is 2.65 bits per heavy atom. The highest BCUT2D eigenvalue weighted by Crippen LogP contribution is 2.52. The molecule has 178 valence electrons. The fourth-order valence-corrected chi connectivity index (χ4v) is 6.29. The third kappa shape index (κ3) is 3.77. The number of carbonyl (C=O) groups is 1. The highest BCUT2D eigenvalue weighted by Gasteiger charge is 2.57. The van der Waals surface area contributed by atoms with Gasteiger partial charge in [-0.1, -0.05) is 42.5 Å². The Labute approximate surface area is 201 Å². The van der Waals surface area contributed by atoms with Crippen LogP contribution in [0.4, 0.5) is 0 Å². The van der Waals surface area contributed by atoms with Gasteiger partial charge < -0.3 is 19.6 Å². The number of ether oxygens (including phenoxy) is 1. The second-order valence-corrected chi connectivity index (χ2v) is 10.2. The number of aliphatic hydroxyl groups is 1. The van der Waals surface area contributed by atoms with Crippen LogP contribution in [0.3, 0.4) is 0 Å². The number of nitrogens with zero attached hydrogens (tertiary/aromatic N) is 2. The number of methoxy groups -OCH3 is 1. The standard InChI is InChI=1S/C29H34N2O3/c1-30-16-15-28(24-9-6-10-26(18-24)34-3)19-25(13-14-29(28,33)20-30)31(2)27(32)23-12-11-21-7-4-5-8-22(21)17-23/h4-12,17-18,25,33H,13-16,19-20H2,1-3H3/t25-,28-,29-/m0/s1. The van der Waals surface area contributed by atoms with Gasteiger partial charge in [0.25, 0.3) is 5.91 Å². The molecule has 3 aromatic rings. The Bertz CT molecular complexity index is 1210. The summed E-state index contributed by atoms with van der Waals surface area (Å²) in [7, 11) is 5.67. The molecular formula is C29H34N2O3. The van der Waals surface area contributed by atoms with Crippen LogP contribution in [0.1, 0.15) is 41.6 Å². The van der Waals surface area contributed by atoms with E-state index >= 15 is 0 Å². The number of piperidine rings is 1. The minimum absolute atomic E-state index is 0.0370. The SMILES string of the molecule is COc1cccc([C@@]23CCN(C)C[C@@]2(O)CC[C@H](N(C)C(=O)c2ccc4ccccc4c2)C3)c1. The molecule has 2 aliphatic rings. The van der Waals surface area contributed by atoms with Gasteiger partial charge in [-0.15, -0.1) is 0 Å². The van der Waals surface area contributed by atoms with Crippen molar-refractivity contribution in [2.24, 2.45) is 0 Å². The molecule has 2 fully saturated rings. The lowest BCUT2D eigenvalue weighted by molar-refractivity contribution is -0.127. The van der Waals surface area contributed by atoms with Crippen LogP contribution >= 0.6 is 0 Å². The van der Waals surface area contributed by atoms with Gasteiger partial charge in [-0.2, -0.15) is 0 Å². The zero-order chi connectivity index (χ0) is 23.9. The molecular weight excluding hydrogens is 424 g/mol. The zero-order valence-electron chi connectivity index (χ0n) is 20.3. The van der Waals surface area contributed by atoms with Crippen molar-refractivity contribution in [1.82, 2.24) is 9.80 Å². The second-order valence-electron chi connectivity index (χ2n) is 10.2. The molecule has 0 spiro atoms. The Balaban J connectivity index is 1.48. The van der Waals surface area contributed by atoms with Crippen molar-refractivity contribution < 1.29 is 14.6 Å². The van der Waals surface area contributed by atoms with Crippen molar-refractivity contribution in [3.8, 4) is 5.75 Å². The Morgan fingerprint density at radius 2 is 1.85 bits per heavy atom. The smallest absolute Gasteiger partial charge is 0.253 e. The fourth-order valence-electron chi connectivity index (χ4n) is 6.29. The summed E-state index contributed by atoms with van der Waals surface area (Å²) < 4.78 is 5.53. The number of fused-ring (bicyclic) bond motifs is 2. The first-order valence-electron chi connectivity index (χ1n) is 12.2. The van der Waals surface area contributed by atoms with Gasteiger partial charge in [0, 0.05) is 30.6 Å². The largest absolute Gasteiger partial charge is 0.497 e. The van der Waals surface area contributed by atoms with Crippen LogP contribution in [0.25, 0.3) is 10.8 Å². The average molecular weight is 459 g/mol. The number of hydrogen-bond donors (Lipinski definition) is 1. The van der Waals surface area contributed by atoms with E-state index in [0.29, 0.717) is 18.5 Å². The number of hydrogen-bond acceptors (Lipinski definition) is 4. The Kier molecular flexibility index (Phi) is 5.86. The van der Waals surface area contributed by atoms with Gasteiger partial charge in [0.2, 0.25) is 0 Å². The number of likely N-dealkylation sites (N-methyl/N-ethyl adjacent to an activating group) is 1. The lowest BCUT2D eigenvalue weighted by Gasteiger charge is -2.58. The maximum Gasteiger partial charge on any atom is 0.253 e. The number of benzene rings is 3. The van der Waals surface area contributed by atoms with Crippen LogP contribution < -0.4 is 4.74 Å². The van der Waals surface area contributed by atoms with Crippen LogP contribution in [-0.4, -0.2) is 66.8 Å². The molecule has 1 saturated carbocycles. The van der Waals surface area contributed by atoms with E-state index in [2.05, 4.69) is 30.1 Å². The first-order valence-corrected chi connectivity index (χ1v) is 12.2.